The molecule has 0 unspecified atom stereocenters. The van der Waals surface area contributed by atoms with Crippen molar-refractivity contribution in [2.24, 2.45) is 0 Å². The molecule has 1 aromatic heterocycles. The molecule has 0 atom stereocenters. The number of anilines is 1. The van der Waals surface area contributed by atoms with Gasteiger partial charge >= 0.3 is 0 Å². The average Bonchev–Trinajstić information content (AvgIpc) is 2.33. The molecule has 0 fully saturated rings. The van der Waals surface area contributed by atoms with Crippen LogP contribution < -0.4 is 5.73 Å². The van der Waals surface area contributed by atoms with E-state index < -0.39 is 11.6 Å². The second kappa shape index (κ2) is 5.14. The molecule has 0 amide bonds. The van der Waals surface area contributed by atoms with E-state index in [4.69, 9.17) is 5.73 Å². The molecular formula is C12H10F2N2S. The van der Waals surface area contributed by atoms with Crippen LogP contribution in [0, 0.1) is 11.6 Å². The molecule has 0 saturated heterocycles. The fraction of sp³-hybridized carbons (Fsp3) is 0.0833. The Morgan fingerprint density at radius 1 is 1.24 bits per heavy atom. The number of pyridine rings is 1. The Hall–Kier alpha value is -1.62. The topological polar surface area (TPSA) is 38.9 Å². The number of thioether (sulfide) groups is 1. The summed E-state index contributed by atoms with van der Waals surface area (Å²) in [6, 6.07) is 5.90. The average molecular weight is 252 g/mol. The van der Waals surface area contributed by atoms with Gasteiger partial charge in [0.2, 0.25) is 0 Å². The molecular weight excluding hydrogens is 242 g/mol. The molecule has 0 bridgehead atoms. The van der Waals surface area contributed by atoms with Gasteiger partial charge < -0.3 is 5.73 Å². The van der Waals surface area contributed by atoms with Gasteiger partial charge in [-0.3, -0.25) is 4.98 Å². The number of nitrogens with zero attached hydrogens (tertiary/aromatic N) is 1. The lowest BCUT2D eigenvalue weighted by molar-refractivity contribution is 0.502. The maximum absolute atomic E-state index is 13.4. The zero-order valence-corrected chi connectivity index (χ0v) is 9.68. The van der Waals surface area contributed by atoms with E-state index in [2.05, 4.69) is 4.98 Å². The molecule has 1 aromatic carbocycles. The highest BCUT2D eigenvalue weighted by atomic mass is 32.2. The van der Waals surface area contributed by atoms with Gasteiger partial charge in [-0.1, -0.05) is 12.1 Å². The van der Waals surface area contributed by atoms with Crippen molar-refractivity contribution in [2.45, 2.75) is 10.6 Å². The smallest absolute Gasteiger partial charge is 0.162 e. The number of nitrogen functional groups attached to an aromatic ring is 1. The zero-order chi connectivity index (χ0) is 12.3. The molecule has 2 nitrogen and oxygen atoms in total. The van der Waals surface area contributed by atoms with Gasteiger partial charge in [-0.25, -0.2) is 8.78 Å². The Morgan fingerprint density at radius 2 is 2.06 bits per heavy atom. The minimum absolute atomic E-state index is 0.325. The molecule has 0 aliphatic carbocycles. The van der Waals surface area contributed by atoms with Crippen LogP contribution in [0.5, 0.6) is 0 Å². The molecule has 2 rings (SSSR count). The first kappa shape index (κ1) is 11.9. The number of benzene rings is 1. The largest absolute Gasteiger partial charge is 0.397 e. The molecule has 1 heterocycles. The molecule has 0 saturated carbocycles. The fourth-order valence-electron chi connectivity index (χ4n) is 1.34. The highest BCUT2D eigenvalue weighted by Crippen LogP contribution is 2.28. The summed E-state index contributed by atoms with van der Waals surface area (Å²) >= 11 is 1.35. The van der Waals surface area contributed by atoms with Gasteiger partial charge in [0.25, 0.3) is 0 Å². The Morgan fingerprint density at radius 3 is 2.82 bits per heavy atom. The van der Waals surface area contributed by atoms with E-state index in [-0.39, 0.29) is 0 Å². The van der Waals surface area contributed by atoms with Crippen molar-refractivity contribution in [2.75, 3.05) is 5.73 Å². The second-order valence-electron chi connectivity index (χ2n) is 3.42. The first-order valence-electron chi connectivity index (χ1n) is 4.93. The lowest BCUT2D eigenvalue weighted by Gasteiger charge is -2.05. The molecule has 2 aromatic rings. The summed E-state index contributed by atoms with van der Waals surface area (Å²) in [5, 5.41) is 0. The minimum Gasteiger partial charge on any atom is -0.397 e. The van der Waals surface area contributed by atoms with Crippen molar-refractivity contribution >= 4 is 17.4 Å². The summed E-state index contributed by atoms with van der Waals surface area (Å²) in [6.07, 6.45) is 3.14. The van der Waals surface area contributed by atoms with Crippen LogP contribution in [0.1, 0.15) is 5.56 Å². The Balaban J connectivity index is 2.13. The minimum atomic E-state index is -0.828. The van der Waals surface area contributed by atoms with Crippen LogP contribution in [-0.4, -0.2) is 4.98 Å². The first-order valence-corrected chi connectivity index (χ1v) is 5.92. The monoisotopic (exact) mass is 252 g/mol. The maximum Gasteiger partial charge on any atom is 0.162 e. The van der Waals surface area contributed by atoms with Gasteiger partial charge in [0.1, 0.15) is 0 Å². The van der Waals surface area contributed by atoms with E-state index in [0.717, 1.165) is 11.0 Å². The second-order valence-corrected chi connectivity index (χ2v) is 4.43. The molecule has 0 aliphatic heterocycles. The number of hydrogen-bond donors (Lipinski definition) is 1. The van der Waals surface area contributed by atoms with Crippen molar-refractivity contribution in [1.29, 1.82) is 0 Å². The van der Waals surface area contributed by atoms with E-state index in [1.165, 1.54) is 24.0 Å². The number of halogens is 2. The van der Waals surface area contributed by atoms with E-state index in [1.807, 2.05) is 0 Å². The maximum atomic E-state index is 13.4. The lowest BCUT2D eigenvalue weighted by atomic mass is 10.2. The summed E-state index contributed by atoms with van der Waals surface area (Å²) < 4.78 is 26.3. The van der Waals surface area contributed by atoms with Crippen LogP contribution in [-0.2, 0) is 5.75 Å². The third-order valence-corrected chi connectivity index (χ3v) is 3.36. The summed E-state index contributed by atoms with van der Waals surface area (Å²) in [5.41, 5.74) is 6.56. The van der Waals surface area contributed by atoms with Crippen molar-refractivity contribution in [3.05, 3.63) is 53.9 Å². The number of aromatic nitrogens is 1. The standard InChI is InChI=1S/C12H10F2N2S/c13-9-3-1-2-8(12(9)14)7-17-11-4-5-16-6-10(11)15/h1-6H,7,15H2. The Bertz CT molecular complexity index is 532. The van der Waals surface area contributed by atoms with Crippen LogP contribution in [0.15, 0.2) is 41.6 Å². The van der Waals surface area contributed by atoms with Gasteiger partial charge in [0, 0.05) is 22.4 Å². The quantitative estimate of drug-likeness (QED) is 0.852. The van der Waals surface area contributed by atoms with E-state index in [0.29, 0.717) is 17.0 Å². The summed E-state index contributed by atoms with van der Waals surface area (Å²) in [6.45, 7) is 0. The Kier molecular flexibility index (Phi) is 3.58. The van der Waals surface area contributed by atoms with Crippen molar-refractivity contribution < 1.29 is 8.78 Å². The molecule has 0 spiro atoms. The predicted octanol–water partition coefficient (Wildman–Crippen LogP) is 3.23. The van der Waals surface area contributed by atoms with Crippen LogP contribution >= 0.6 is 11.8 Å². The van der Waals surface area contributed by atoms with E-state index in [9.17, 15) is 8.78 Å². The van der Waals surface area contributed by atoms with Gasteiger partial charge in [-0.05, 0) is 12.1 Å². The number of hydrogen-bond acceptors (Lipinski definition) is 3. The van der Waals surface area contributed by atoms with Crippen LogP contribution in [0.4, 0.5) is 14.5 Å². The van der Waals surface area contributed by atoms with Crippen molar-refractivity contribution in [3.8, 4) is 0 Å². The van der Waals surface area contributed by atoms with Gasteiger partial charge in [-0.15, -0.1) is 11.8 Å². The van der Waals surface area contributed by atoms with Crippen LogP contribution in [0.25, 0.3) is 0 Å². The predicted molar refractivity (Wildman–Crippen MR) is 64.6 cm³/mol. The van der Waals surface area contributed by atoms with Gasteiger partial charge in [-0.2, -0.15) is 0 Å². The number of rotatable bonds is 3. The molecule has 17 heavy (non-hydrogen) atoms. The first-order chi connectivity index (χ1) is 8.18. The summed E-state index contributed by atoms with van der Waals surface area (Å²) in [5.74, 6) is -1.30. The highest BCUT2D eigenvalue weighted by molar-refractivity contribution is 7.98. The van der Waals surface area contributed by atoms with Crippen LogP contribution in [0.3, 0.4) is 0 Å². The molecule has 2 N–H and O–H groups in total. The SMILES string of the molecule is Nc1cnccc1SCc1cccc(F)c1F. The zero-order valence-electron chi connectivity index (χ0n) is 8.86. The van der Waals surface area contributed by atoms with Gasteiger partial charge in [0.05, 0.1) is 11.9 Å². The third kappa shape index (κ3) is 2.74. The van der Waals surface area contributed by atoms with Crippen LogP contribution in [0.2, 0.25) is 0 Å². The molecule has 0 radical (unpaired) electrons. The van der Waals surface area contributed by atoms with E-state index >= 15 is 0 Å². The van der Waals surface area contributed by atoms with Gasteiger partial charge in [0.15, 0.2) is 11.6 Å². The fourth-order valence-corrected chi connectivity index (χ4v) is 2.25. The van der Waals surface area contributed by atoms with Crippen molar-refractivity contribution in [1.82, 2.24) is 4.98 Å². The highest BCUT2D eigenvalue weighted by Gasteiger charge is 2.08. The van der Waals surface area contributed by atoms with E-state index in [1.54, 1.807) is 18.3 Å². The summed E-state index contributed by atoms with van der Waals surface area (Å²) in [7, 11) is 0. The Labute approximate surface area is 102 Å². The molecule has 0 aliphatic rings. The molecule has 5 heteroatoms. The lowest BCUT2D eigenvalue weighted by Crippen LogP contribution is -1.93. The number of nitrogens with two attached hydrogens (primary N) is 1. The van der Waals surface area contributed by atoms with Crippen molar-refractivity contribution in [3.63, 3.8) is 0 Å². The molecule has 88 valence electrons. The summed E-state index contributed by atoms with van der Waals surface area (Å²) in [4.78, 5) is 4.67. The normalized spacial score (nSPS) is 10.5. The third-order valence-electron chi connectivity index (χ3n) is 2.22.